The molecule has 22 heavy (non-hydrogen) atoms. The van der Waals surface area contributed by atoms with Crippen molar-refractivity contribution in [1.82, 2.24) is 20.2 Å². The first-order chi connectivity index (χ1) is 10.7. The lowest BCUT2D eigenvalue weighted by molar-refractivity contribution is -0.124. The number of hydrogen-bond donors (Lipinski definition) is 1. The van der Waals surface area contributed by atoms with Crippen LogP contribution < -0.4 is 5.32 Å². The summed E-state index contributed by atoms with van der Waals surface area (Å²) >= 11 is 0. The maximum absolute atomic E-state index is 12.6. The van der Waals surface area contributed by atoms with Crippen LogP contribution in [0.4, 0.5) is 0 Å². The largest absolute Gasteiger partial charge is 0.359 e. The Morgan fingerprint density at radius 2 is 2.05 bits per heavy atom. The smallest absolute Gasteiger partial charge is 0.272 e. The predicted octanol–water partition coefficient (Wildman–Crippen LogP) is 1.34. The first kappa shape index (κ1) is 14.9. The monoisotopic (exact) mass is 302 g/mol. The van der Waals surface area contributed by atoms with Crippen LogP contribution in [0.2, 0.25) is 0 Å². The second kappa shape index (κ2) is 6.42. The fraction of sp³-hybridized carbons (Fsp3) is 0.625. The Kier molecular flexibility index (Phi) is 4.36. The average Bonchev–Trinajstić information content (AvgIpc) is 3.25. The van der Waals surface area contributed by atoms with Gasteiger partial charge in [0.15, 0.2) is 0 Å². The van der Waals surface area contributed by atoms with Crippen LogP contribution in [0.3, 0.4) is 0 Å². The molecule has 3 rings (SSSR count). The quantitative estimate of drug-likeness (QED) is 0.914. The van der Waals surface area contributed by atoms with Crippen LogP contribution in [0, 0.1) is 5.92 Å². The van der Waals surface area contributed by atoms with Gasteiger partial charge >= 0.3 is 0 Å². The van der Waals surface area contributed by atoms with Crippen molar-refractivity contribution >= 4 is 11.8 Å². The molecule has 0 radical (unpaired) electrons. The summed E-state index contributed by atoms with van der Waals surface area (Å²) in [5.41, 5.74) is 0.453. The Labute approximate surface area is 130 Å². The van der Waals surface area contributed by atoms with Gasteiger partial charge in [-0.1, -0.05) is 12.8 Å². The summed E-state index contributed by atoms with van der Waals surface area (Å²) in [5.74, 6) is 0.998. The Morgan fingerprint density at radius 1 is 1.27 bits per heavy atom. The third kappa shape index (κ3) is 2.96. The van der Waals surface area contributed by atoms with Gasteiger partial charge in [0.2, 0.25) is 5.91 Å². The fourth-order valence-electron chi connectivity index (χ4n) is 3.40. The molecule has 0 aromatic carbocycles. The van der Waals surface area contributed by atoms with Gasteiger partial charge in [-0.05, 0) is 25.3 Å². The van der Waals surface area contributed by atoms with E-state index in [0.29, 0.717) is 31.1 Å². The first-order valence-electron chi connectivity index (χ1n) is 8.03. The van der Waals surface area contributed by atoms with Gasteiger partial charge in [-0.15, -0.1) is 0 Å². The van der Waals surface area contributed by atoms with Crippen molar-refractivity contribution in [3.05, 3.63) is 23.8 Å². The Morgan fingerprint density at radius 3 is 2.77 bits per heavy atom. The zero-order valence-corrected chi connectivity index (χ0v) is 12.9. The van der Waals surface area contributed by atoms with Crippen LogP contribution in [0.1, 0.15) is 54.3 Å². The van der Waals surface area contributed by atoms with Gasteiger partial charge in [0.25, 0.3) is 5.91 Å². The summed E-state index contributed by atoms with van der Waals surface area (Å²) in [6.45, 7) is 1.08. The minimum Gasteiger partial charge on any atom is -0.359 e. The van der Waals surface area contributed by atoms with Gasteiger partial charge in [0, 0.05) is 32.3 Å². The lowest BCUT2D eigenvalue weighted by Gasteiger charge is -2.16. The lowest BCUT2D eigenvalue weighted by Crippen LogP contribution is -2.33. The summed E-state index contributed by atoms with van der Waals surface area (Å²) < 4.78 is 0. The van der Waals surface area contributed by atoms with Gasteiger partial charge < -0.3 is 10.2 Å². The molecule has 118 valence electrons. The van der Waals surface area contributed by atoms with Crippen LogP contribution >= 0.6 is 0 Å². The molecule has 1 atom stereocenters. The molecule has 2 amide bonds. The Hall–Kier alpha value is -1.98. The maximum Gasteiger partial charge on any atom is 0.272 e. The van der Waals surface area contributed by atoms with Crippen molar-refractivity contribution in [2.45, 2.75) is 38.0 Å². The standard InChI is InChI=1S/C16H22N4O2/c1-17-15(21)12-7-9-20(10-12)16(22)13-6-8-18-14(19-13)11-4-2-3-5-11/h6,8,11-12H,2-5,7,9-10H2,1H3,(H,17,21). The van der Waals surface area contributed by atoms with Crippen LogP contribution in [-0.2, 0) is 4.79 Å². The van der Waals surface area contributed by atoms with Crippen LogP contribution in [-0.4, -0.2) is 46.8 Å². The number of carbonyl (C=O) groups is 2. The number of aromatic nitrogens is 2. The summed E-state index contributed by atoms with van der Waals surface area (Å²) in [5, 5.41) is 2.65. The number of nitrogens with zero attached hydrogens (tertiary/aromatic N) is 3. The van der Waals surface area contributed by atoms with Crippen molar-refractivity contribution in [3.63, 3.8) is 0 Å². The van der Waals surface area contributed by atoms with E-state index in [1.165, 1.54) is 12.8 Å². The van der Waals surface area contributed by atoms with E-state index in [4.69, 9.17) is 0 Å². The molecular weight excluding hydrogens is 280 g/mol. The summed E-state index contributed by atoms with van der Waals surface area (Å²) in [4.78, 5) is 34.8. The number of likely N-dealkylation sites (tertiary alicyclic amines) is 1. The van der Waals surface area contributed by atoms with E-state index in [2.05, 4.69) is 15.3 Å². The van der Waals surface area contributed by atoms with Crippen molar-refractivity contribution in [2.24, 2.45) is 5.92 Å². The minimum absolute atomic E-state index is 0.00429. The number of hydrogen-bond acceptors (Lipinski definition) is 4. The predicted molar refractivity (Wildman–Crippen MR) is 81.3 cm³/mol. The highest BCUT2D eigenvalue weighted by Crippen LogP contribution is 2.32. The van der Waals surface area contributed by atoms with E-state index in [1.54, 1.807) is 24.2 Å². The lowest BCUT2D eigenvalue weighted by atomic mass is 10.1. The van der Waals surface area contributed by atoms with E-state index in [0.717, 1.165) is 18.7 Å². The van der Waals surface area contributed by atoms with E-state index < -0.39 is 0 Å². The third-order valence-electron chi connectivity index (χ3n) is 4.71. The van der Waals surface area contributed by atoms with E-state index in [-0.39, 0.29) is 17.7 Å². The number of rotatable bonds is 3. The maximum atomic E-state index is 12.6. The molecule has 2 fully saturated rings. The molecule has 1 saturated heterocycles. The van der Waals surface area contributed by atoms with Crippen LogP contribution in [0.25, 0.3) is 0 Å². The zero-order chi connectivity index (χ0) is 15.5. The van der Waals surface area contributed by atoms with Crippen molar-refractivity contribution in [3.8, 4) is 0 Å². The molecule has 0 spiro atoms. The Bertz CT molecular complexity index is 569. The molecule has 2 aliphatic rings. The number of amides is 2. The average molecular weight is 302 g/mol. The topological polar surface area (TPSA) is 75.2 Å². The first-order valence-corrected chi connectivity index (χ1v) is 8.03. The molecular formula is C16H22N4O2. The second-order valence-corrected chi connectivity index (χ2v) is 6.13. The van der Waals surface area contributed by atoms with Crippen LogP contribution in [0.15, 0.2) is 12.3 Å². The van der Waals surface area contributed by atoms with Crippen LogP contribution in [0.5, 0.6) is 0 Å². The highest BCUT2D eigenvalue weighted by molar-refractivity contribution is 5.93. The number of carbonyl (C=O) groups excluding carboxylic acids is 2. The third-order valence-corrected chi connectivity index (χ3v) is 4.71. The summed E-state index contributed by atoms with van der Waals surface area (Å²) in [7, 11) is 1.63. The SMILES string of the molecule is CNC(=O)C1CCN(C(=O)c2ccnc(C3CCCC3)n2)C1. The minimum atomic E-state index is -0.106. The molecule has 6 nitrogen and oxygen atoms in total. The Balaban J connectivity index is 1.70. The van der Waals surface area contributed by atoms with Gasteiger partial charge in [0.1, 0.15) is 11.5 Å². The fourth-order valence-corrected chi connectivity index (χ4v) is 3.40. The van der Waals surface area contributed by atoms with Crippen molar-refractivity contribution in [2.75, 3.05) is 20.1 Å². The molecule has 1 N–H and O–H groups in total. The highest BCUT2D eigenvalue weighted by Gasteiger charge is 2.31. The van der Waals surface area contributed by atoms with E-state index >= 15 is 0 Å². The zero-order valence-electron chi connectivity index (χ0n) is 12.9. The molecule has 1 unspecified atom stereocenters. The normalized spacial score (nSPS) is 22.0. The molecule has 0 bridgehead atoms. The number of nitrogens with one attached hydrogen (secondary N) is 1. The van der Waals surface area contributed by atoms with Crippen molar-refractivity contribution in [1.29, 1.82) is 0 Å². The molecule has 6 heteroatoms. The van der Waals surface area contributed by atoms with Gasteiger partial charge in [-0.2, -0.15) is 0 Å². The van der Waals surface area contributed by atoms with E-state index in [9.17, 15) is 9.59 Å². The van der Waals surface area contributed by atoms with Crippen molar-refractivity contribution < 1.29 is 9.59 Å². The molecule has 1 aromatic rings. The van der Waals surface area contributed by atoms with Gasteiger partial charge in [0.05, 0.1) is 5.92 Å². The molecule has 1 aliphatic heterocycles. The highest BCUT2D eigenvalue weighted by atomic mass is 16.2. The summed E-state index contributed by atoms with van der Waals surface area (Å²) in [6, 6.07) is 1.67. The van der Waals surface area contributed by atoms with E-state index in [1.807, 2.05) is 0 Å². The second-order valence-electron chi connectivity index (χ2n) is 6.13. The molecule has 1 saturated carbocycles. The van der Waals surface area contributed by atoms with Gasteiger partial charge in [-0.25, -0.2) is 9.97 Å². The molecule has 2 heterocycles. The molecule has 1 aromatic heterocycles. The molecule has 1 aliphatic carbocycles. The van der Waals surface area contributed by atoms with Gasteiger partial charge in [-0.3, -0.25) is 9.59 Å². The summed E-state index contributed by atoms with van der Waals surface area (Å²) in [6.07, 6.45) is 7.05.